The van der Waals surface area contributed by atoms with Gasteiger partial charge in [-0.25, -0.2) is 17.9 Å². The molecule has 1 amide bonds. The number of carbonyl (C=O) groups excluding carboxylic acids is 1. The number of halogens is 1. The summed E-state index contributed by atoms with van der Waals surface area (Å²) in [6, 6.07) is 4.28. The van der Waals surface area contributed by atoms with Crippen LogP contribution in [0.25, 0.3) is 0 Å². The zero-order valence-corrected chi connectivity index (χ0v) is 11.1. The normalized spacial score (nSPS) is 11.3. The molecule has 0 spiro atoms. The second-order valence-electron chi connectivity index (χ2n) is 3.96. The molecular formula is C11H10FN3O4S. The fourth-order valence-electron chi connectivity index (χ4n) is 1.43. The Kier molecular flexibility index (Phi) is 3.55. The molecular weight excluding hydrogens is 289 g/mol. The van der Waals surface area contributed by atoms with E-state index in [1.807, 2.05) is 0 Å². The van der Waals surface area contributed by atoms with E-state index in [0.717, 1.165) is 18.2 Å². The van der Waals surface area contributed by atoms with Crippen molar-refractivity contribution in [1.82, 2.24) is 5.16 Å². The van der Waals surface area contributed by atoms with Crippen LogP contribution in [-0.4, -0.2) is 19.5 Å². The first-order chi connectivity index (χ1) is 9.27. The van der Waals surface area contributed by atoms with Crippen LogP contribution < -0.4 is 10.5 Å². The maximum atomic E-state index is 13.7. The van der Waals surface area contributed by atoms with Crippen molar-refractivity contribution in [3.8, 4) is 0 Å². The van der Waals surface area contributed by atoms with E-state index in [0.29, 0.717) is 5.76 Å². The lowest BCUT2D eigenvalue weighted by Gasteiger charge is -2.05. The number of anilines is 1. The first kappa shape index (κ1) is 14.2. The number of aryl methyl sites for hydroxylation is 1. The number of benzene rings is 1. The third-order valence-electron chi connectivity index (χ3n) is 2.38. The minimum absolute atomic E-state index is 0.0163. The monoisotopic (exact) mass is 299 g/mol. The van der Waals surface area contributed by atoms with Crippen molar-refractivity contribution < 1.29 is 22.1 Å². The topological polar surface area (TPSA) is 115 Å². The van der Waals surface area contributed by atoms with Gasteiger partial charge in [-0.15, -0.1) is 0 Å². The van der Waals surface area contributed by atoms with E-state index in [-0.39, 0.29) is 16.3 Å². The SMILES string of the molecule is Cc1cc(C(=O)Nc2ccc(S(N)(=O)=O)cc2F)no1. The number of carbonyl (C=O) groups is 1. The highest BCUT2D eigenvalue weighted by molar-refractivity contribution is 7.89. The average molecular weight is 299 g/mol. The van der Waals surface area contributed by atoms with Gasteiger partial charge in [0, 0.05) is 6.07 Å². The third kappa shape index (κ3) is 3.00. The molecule has 0 atom stereocenters. The average Bonchev–Trinajstić information content (AvgIpc) is 2.77. The quantitative estimate of drug-likeness (QED) is 0.878. The summed E-state index contributed by atoms with van der Waals surface area (Å²) >= 11 is 0. The number of amides is 1. The molecule has 7 nitrogen and oxygen atoms in total. The smallest absolute Gasteiger partial charge is 0.277 e. The van der Waals surface area contributed by atoms with E-state index in [1.54, 1.807) is 6.92 Å². The van der Waals surface area contributed by atoms with Crippen molar-refractivity contribution in [2.45, 2.75) is 11.8 Å². The molecule has 2 rings (SSSR count). The summed E-state index contributed by atoms with van der Waals surface area (Å²) in [6.45, 7) is 1.60. The van der Waals surface area contributed by atoms with Crippen LogP contribution in [0.1, 0.15) is 16.2 Å². The Bertz CT molecular complexity index is 770. The molecule has 20 heavy (non-hydrogen) atoms. The van der Waals surface area contributed by atoms with Gasteiger partial charge < -0.3 is 9.84 Å². The third-order valence-corrected chi connectivity index (χ3v) is 3.29. The molecule has 0 saturated carbocycles. The summed E-state index contributed by atoms with van der Waals surface area (Å²) < 4.78 is 40.5. The van der Waals surface area contributed by atoms with Crippen molar-refractivity contribution in [2.24, 2.45) is 5.14 Å². The molecule has 9 heteroatoms. The molecule has 106 valence electrons. The maximum absolute atomic E-state index is 13.7. The summed E-state index contributed by atoms with van der Waals surface area (Å²) in [7, 11) is -4.00. The number of sulfonamides is 1. The van der Waals surface area contributed by atoms with Crippen LogP contribution in [0, 0.1) is 12.7 Å². The Morgan fingerprint density at radius 1 is 1.40 bits per heavy atom. The summed E-state index contributed by atoms with van der Waals surface area (Å²) in [6.07, 6.45) is 0. The number of primary sulfonamides is 1. The van der Waals surface area contributed by atoms with Crippen LogP contribution in [0.5, 0.6) is 0 Å². The van der Waals surface area contributed by atoms with E-state index in [9.17, 15) is 17.6 Å². The number of nitrogens with two attached hydrogens (primary N) is 1. The number of aromatic nitrogens is 1. The van der Waals surface area contributed by atoms with Crippen LogP contribution in [0.2, 0.25) is 0 Å². The highest BCUT2D eigenvalue weighted by Crippen LogP contribution is 2.19. The largest absolute Gasteiger partial charge is 0.361 e. The first-order valence-corrected chi connectivity index (χ1v) is 6.89. The number of nitrogens with zero attached hydrogens (tertiary/aromatic N) is 1. The van der Waals surface area contributed by atoms with Gasteiger partial charge in [0.2, 0.25) is 10.0 Å². The lowest BCUT2D eigenvalue weighted by Crippen LogP contribution is -2.15. The van der Waals surface area contributed by atoms with Gasteiger partial charge in [-0.2, -0.15) is 0 Å². The highest BCUT2D eigenvalue weighted by atomic mass is 32.2. The zero-order chi connectivity index (χ0) is 14.9. The van der Waals surface area contributed by atoms with E-state index in [4.69, 9.17) is 9.66 Å². The van der Waals surface area contributed by atoms with Gasteiger partial charge in [-0.05, 0) is 25.1 Å². The van der Waals surface area contributed by atoms with Crippen molar-refractivity contribution in [3.63, 3.8) is 0 Å². The molecule has 1 aromatic carbocycles. The van der Waals surface area contributed by atoms with Crippen LogP contribution in [0.4, 0.5) is 10.1 Å². The number of rotatable bonds is 3. The Balaban J connectivity index is 2.25. The highest BCUT2D eigenvalue weighted by Gasteiger charge is 2.15. The Morgan fingerprint density at radius 3 is 2.60 bits per heavy atom. The standard InChI is InChI=1S/C11H10FN3O4S/c1-6-4-10(15-19-6)11(16)14-9-3-2-7(5-8(9)12)20(13,17)18/h2-5H,1H3,(H,14,16)(H2,13,17,18). The second kappa shape index (κ2) is 5.02. The molecule has 0 aliphatic rings. The van der Waals surface area contributed by atoms with Gasteiger partial charge in [0.25, 0.3) is 5.91 Å². The van der Waals surface area contributed by atoms with Crippen molar-refractivity contribution >= 4 is 21.6 Å². The van der Waals surface area contributed by atoms with Crippen LogP contribution >= 0.6 is 0 Å². The van der Waals surface area contributed by atoms with Gasteiger partial charge in [0.1, 0.15) is 11.6 Å². The predicted molar refractivity (Wildman–Crippen MR) is 67.0 cm³/mol. The Morgan fingerprint density at radius 2 is 2.10 bits per heavy atom. The summed E-state index contributed by atoms with van der Waals surface area (Å²) in [5, 5.41) is 10.6. The van der Waals surface area contributed by atoms with Gasteiger partial charge in [-0.1, -0.05) is 5.16 Å². The first-order valence-electron chi connectivity index (χ1n) is 5.34. The molecule has 0 unspecified atom stereocenters. The summed E-state index contributed by atoms with van der Waals surface area (Å²) in [5.41, 5.74) is -0.208. The molecule has 0 aliphatic heterocycles. The van der Waals surface area contributed by atoms with Gasteiger partial charge in [-0.3, -0.25) is 4.79 Å². The van der Waals surface area contributed by atoms with Gasteiger partial charge in [0.15, 0.2) is 5.69 Å². The summed E-state index contributed by atoms with van der Waals surface area (Å²) in [5.74, 6) is -1.17. The molecule has 0 bridgehead atoms. The summed E-state index contributed by atoms with van der Waals surface area (Å²) in [4.78, 5) is 11.3. The van der Waals surface area contributed by atoms with E-state index >= 15 is 0 Å². The second-order valence-corrected chi connectivity index (χ2v) is 5.53. The van der Waals surface area contributed by atoms with E-state index in [1.165, 1.54) is 6.07 Å². The fourth-order valence-corrected chi connectivity index (χ4v) is 1.96. The lowest BCUT2D eigenvalue weighted by atomic mass is 10.3. The Labute approximate surface area is 113 Å². The van der Waals surface area contributed by atoms with E-state index in [2.05, 4.69) is 10.5 Å². The molecule has 1 heterocycles. The molecule has 2 aromatic rings. The maximum Gasteiger partial charge on any atom is 0.277 e. The molecule has 0 aliphatic carbocycles. The molecule has 0 saturated heterocycles. The minimum atomic E-state index is -4.00. The number of hydrogen-bond acceptors (Lipinski definition) is 5. The molecule has 1 aromatic heterocycles. The fraction of sp³-hybridized carbons (Fsp3) is 0.0909. The van der Waals surface area contributed by atoms with E-state index < -0.39 is 21.7 Å². The lowest BCUT2D eigenvalue weighted by molar-refractivity contribution is 0.101. The molecule has 0 fully saturated rings. The van der Waals surface area contributed by atoms with Crippen molar-refractivity contribution in [2.75, 3.05) is 5.32 Å². The van der Waals surface area contributed by atoms with Crippen molar-refractivity contribution in [1.29, 1.82) is 0 Å². The minimum Gasteiger partial charge on any atom is -0.361 e. The molecule has 0 radical (unpaired) electrons. The van der Waals surface area contributed by atoms with Gasteiger partial charge in [0.05, 0.1) is 10.6 Å². The Hall–Kier alpha value is -2.26. The zero-order valence-electron chi connectivity index (χ0n) is 10.3. The number of hydrogen-bond donors (Lipinski definition) is 2. The predicted octanol–water partition coefficient (Wildman–Crippen LogP) is 1.02. The van der Waals surface area contributed by atoms with Gasteiger partial charge >= 0.3 is 0 Å². The van der Waals surface area contributed by atoms with Crippen LogP contribution in [0.3, 0.4) is 0 Å². The van der Waals surface area contributed by atoms with Crippen LogP contribution in [-0.2, 0) is 10.0 Å². The van der Waals surface area contributed by atoms with Crippen molar-refractivity contribution in [3.05, 3.63) is 41.5 Å². The molecule has 3 N–H and O–H groups in total. The number of nitrogens with one attached hydrogen (secondary N) is 1. The van der Waals surface area contributed by atoms with Crippen LogP contribution in [0.15, 0.2) is 33.7 Å².